The third kappa shape index (κ3) is 5.59. The molecule has 0 radical (unpaired) electrons. The van der Waals surface area contributed by atoms with Crippen LogP contribution in [0.15, 0.2) is 17.1 Å². The van der Waals surface area contributed by atoms with E-state index in [1.54, 1.807) is 12.3 Å². The minimum atomic E-state index is 0.999. The van der Waals surface area contributed by atoms with Crippen LogP contribution in [0.25, 0.3) is 0 Å². The third-order valence-electron chi connectivity index (χ3n) is 0.798. The number of nitrogens with zero attached hydrogens (tertiary/aromatic N) is 2. The van der Waals surface area contributed by atoms with Crippen molar-refractivity contribution in [2.75, 3.05) is 13.6 Å². The summed E-state index contributed by atoms with van der Waals surface area (Å²) in [6.45, 7) is 6.58. The van der Waals surface area contributed by atoms with E-state index in [1.807, 2.05) is 11.4 Å². The number of allylic oxidation sites excluding steroid dienone is 1. The maximum atomic E-state index is 3.96. The van der Waals surface area contributed by atoms with Gasteiger partial charge in [0.15, 0.2) is 0 Å². The monoisotopic (exact) mass is 144 g/mol. The second-order valence-electron chi connectivity index (χ2n) is 1.52. The van der Waals surface area contributed by atoms with Gasteiger partial charge in [-0.25, -0.2) is 8.70 Å². The highest BCUT2D eigenvalue weighted by Crippen LogP contribution is 2.04. The topological polar surface area (TPSA) is 15.6 Å². The van der Waals surface area contributed by atoms with Gasteiger partial charge in [-0.05, 0) is 7.05 Å². The lowest BCUT2D eigenvalue weighted by molar-refractivity contribution is 0.603. The van der Waals surface area contributed by atoms with Crippen LogP contribution in [0.2, 0.25) is 0 Å². The van der Waals surface area contributed by atoms with Gasteiger partial charge in [0.2, 0.25) is 0 Å². The van der Waals surface area contributed by atoms with Crippen molar-refractivity contribution in [1.82, 2.24) is 4.31 Å². The fourth-order valence-electron chi connectivity index (χ4n) is 0.208. The molecule has 0 aliphatic carbocycles. The minimum absolute atomic E-state index is 0.999. The Kier molecular flexibility index (Phi) is 5.67. The van der Waals surface area contributed by atoms with E-state index >= 15 is 0 Å². The Balaban J connectivity index is 3.25. The summed E-state index contributed by atoms with van der Waals surface area (Å²) < 4.78 is 5.99. The first kappa shape index (κ1) is 8.72. The molecule has 0 atom stereocenters. The molecule has 2 nitrogen and oxygen atoms in total. The summed E-state index contributed by atoms with van der Waals surface area (Å²) in [5.41, 5.74) is 0. The van der Waals surface area contributed by atoms with Gasteiger partial charge in [0.25, 0.3) is 0 Å². The Hall–Kier alpha value is -0.280. The molecule has 0 aromatic heterocycles. The Morgan fingerprint density at radius 3 is 2.89 bits per heavy atom. The molecule has 52 valence electrons. The van der Waals surface area contributed by atoms with Crippen LogP contribution in [0.3, 0.4) is 0 Å². The van der Waals surface area contributed by atoms with Crippen LogP contribution in [0, 0.1) is 0 Å². The van der Waals surface area contributed by atoms with E-state index in [2.05, 4.69) is 17.9 Å². The van der Waals surface area contributed by atoms with E-state index in [0.29, 0.717) is 0 Å². The maximum absolute atomic E-state index is 3.96. The van der Waals surface area contributed by atoms with E-state index in [0.717, 1.165) is 6.54 Å². The molecule has 0 bridgehead atoms. The molecule has 0 fully saturated rings. The first-order chi connectivity index (χ1) is 4.31. The molecule has 0 N–H and O–H groups in total. The van der Waals surface area contributed by atoms with Crippen molar-refractivity contribution in [3.63, 3.8) is 0 Å². The van der Waals surface area contributed by atoms with E-state index < -0.39 is 0 Å². The van der Waals surface area contributed by atoms with Crippen LogP contribution < -0.4 is 0 Å². The third-order valence-corrected chi connectivity index (χ3v) is 1.55. The van der Waals surface area contributed by atoms with Crippen LogP contribution in [0.4, 0.5) is 0 Å². The van der Waals surface area contributed by atoms with Crippen molar-refractivity contribution in [2.24, 2.45) is 4.40 Å². The highest BCUT2D eigenvalue weighted by Gasteiger charge is 1.87. The summed E-state index contributed by atoms with van der Waals surface area (Å²) in [7, 11) is 1.99. The van der Waals surface area contributed by atoms with E-state index in [9.17, 15) is 0 Å². The van der Waals surface area contributed by atoms with Crippen LogP contribution >= 0.6 is 12.1 Å². The number of hydrogen-bond donors (Lipinski definition) is 0. The molecule has 3 heteroatoms. The Labute approximate surface area is 60.9 Å². The predicted octanol–water partition coefficient (Wildman–Crippen LogP) is 1.76. The summed E-state index contributed by atoms with van der Waals surface area (Å²) in [4.78, 5) is 0. The smallest absolute Gasteiger partial charge is 0.0612 e. The lowest BCUT2D eigenvalue weighted by atomic mass is 10.7. The molecule has 0 spiro atoms. The van der Waals surface area contributed by atoms with Crippen molar-refractivity contribution in [2.45, 2.75) is 6.92 Å². The average Bonchev–Trinajstić information content (AvgIpc) is 1.89. The van der Waals surface area contributed by atoms with Gasteiger partial charge in [-0.2, -0.15) is 0 Å². The van der Waals surface area contributed by atoms with Gasteiger partial charge in [-0.1, -0.05) is 19.6 Å². The largest absolute Gasteiger partial charge is 0.234 e. The first-order valence-corrected chi connectivity index (χ1v) is 3.57. The molecule has 0 saturated heterocycles. The molecule has 0 aromatic rings. The molecular formula is C6H12N2S. The lowest BCUT2D eigenvalue weighted by Gasteiger charge is -2.05. The van der Waals surface area contributed by atoms with Gasteiger partial charge in [0.05, 0.1) is 12.1 Å². The average molecular weight is 144 g/mol. The Bertz CT molecular complexity index is 101. The van der Waals surface area contributed by atoms with Gasteiger partial charge in [-0.3, -0.25) is 0 Å². The fourth-order valence-corrected chi connectivity index (χ4v) is 0.625. The number of rotatable bonds is 4. The quantitative estimate of drug-likeness (QED) is 0.441. The van der Waals surface area contributed by atoms with Crippen LogP contribution in [0.1, 0.15) is 6.92 Å². The molecule has 0 heterocycles. The van der Waals surface area contributed by atoms with Crippen molar-refractivity contribution in [3.8, 4) is 0 Å². The van der Waals surface area contributed by atoms with Crippen molar-refractivity contribution < 1.29 is 0 Å². The van der Waals surface area contributed by atoms with E-state index in [4.69, 9.17) is 0 Å². The zero-order chi connectivity index (χ0) is 7.11. The Morgan fingerprint density at radius 2 is 2.44 bits per heavy atom. The minimum Gasteiger partial charge on any atom is -0.234 e. The summed E-state index contributed by atoms with van der Waals surface area (Å²) in [6, 6.07) is 0. The Morgan fingerprint density at radius 1 is 1.78 bits per heavy atom. The summed E-state index contributed by atoms with van der Waals surface area (Å²) in [5.74, 6) is 0. The predicted molar refractivity (Wildman–Crippen MR) is 44.6 cm³/mol. The fraction of sp³-hybridized carbons (Fsp3) is 0.500. The summed E-state index contributed by atoms with van der Waals surface area (Å²) in [6.07, 6.45) is 3.34. The molecule has 0 rings (SSSR count). The summed E-state index contributed by atoms with van der Waals surface area (Å²) in [5, 5.41) is 0. The number of hydrogen-bond acceptors (Lipinski definition) is 3. The van der Waals surface area contributed by atoms with Crippen molar-refractivity contribution in [1.29, 1.82) is 0 Å². The first-order valence-electron chi connectivity index (χ1n) is 2.84. The molecule has 9 heavy (non-hydrogen) atoms. The normalized spacial score (nSPS) is 11.0. The van der Waals surface area contributed by atoms with Crippen molar-refractivity contribution in [3.05, 3.63) is 12.7 Å². The molecule has 0 amide bonds. The molecule has 0 aliphatic rings. The van der Waals surface area contributed by atoms with Crippen LogP contribution in [-0.2, 0) is 0 Å². The highest BCUT2D eigenvalue weighted by atomic mass is 32.2. The van der Waals surface area contributed by atoms with Gasteiger partial charge in [-0.15, -0.1) is 0 Å². The molecule has 0 unspecified atom stereocenters. The zero-order valence-corrected chi connectivity index (χ0v) is 6.69. The molecule has 0 saturated carbocycles. The van der Waals surface area contributed by atoms with E-state index in [-0.39, 0.29) is 0 Å². The van der Waals surface area contributed by atoms with Crippen LogP contribution in [0.5, 0.6) is 0 Å². The SMILES string of the molecule is C=C/C=N/SN(C)CC. The van der Waals surface area contributed by atoms with Crippen LogP contribution in [-0.4, -0.2) is 24.1 Å². The highest BCUT2D eigenvalue weighted by molar-refractivity contribution is 7.95. The van der Waals surface area contributed by atoms with Gasteiger partial charge < -0.3 is 0 Å². The standard InChI is InChI=1S/C6H12N2S/c1-4-6-7-9-8(3)5-2/h4,6H,1,5H2,2-3H3/b7-6+. The van der Waals surface area contributed by atoms with Gasteiger partial charge >= 0.3 is 0 Å². The molecular weight excluding hydrogens is 132 g/mol. The zero-order valence-electron chi connectivity index (χ0n) is 5.87. The maximum Gasteiger partial charge on any atom is 0.0612 e. The van der Waals surface area contributed by atoms with Gasteiger partial charge in [0.1, 0.15) is 0 Å². The van der Waals surface area contributed by atoms with Gasteiger partial charge in [0, 0.05) is 12.8 Å². The second kappa shape index (κ2) is 5.85. The second-order valence-corrected chi connectivity index (χ2v) is 2.51. The van der Waals surface area contributed by atoms with Crippen molar-refractivity contribution >= 4 is 18.3 Å². The molecule has 0 aliphatic heterocycles. The van der Waals surface area contributed by atoms with E-state index in [1.165, 1.54) is 12.1 Å². The summed E-state index contributed by atoms with van der Waals surface area (Å²) >= 11 is 1.43. The molecule has 0 aromatic carbocycles. The lowest BCUT2D eigenvalue weighted by Crippen LogP contribution is -2.05.